The van der Waals surface area contributed by atoms with Crippen LogP contribution in [0, 0.1) is 18.6 Å². The molecule has 0 heterocycles. The van der Waals surface area contributed by atoms with E-state index < -0.39 is 34.1 Å². The van der Waals surface area contributed by atoms with Crippen molar-refractivity contribution in [2.45, 2.75) is 18.4 Å². The molecule has 0 radical (unpaired) electrons. The van der Waals surface area contributed by atoms with Crippen molar-refractivity contribution in [3.8, 4) is 0 Å². The van der Waals surface area contributed by atoms with E-state index >= 15 is 0 Å². The minimum Gasteiger partial charge on any atom is -0.350 e. The highest BCUT2D eigenvalue weighted by Crippen LogP contribution is 2.24. The van der Waals surface area contributed by atoms with Gasteiger partial charge in [-0.25, -0.2) is 17.2 Å². The average molecular weight is 430 g/mol. The molecule has 0 bridgehead atoms. The number of sulfonamides is 1. The van der Waals surface area contributed by atoms with Gasteiger partial charge < -0.3 is 5.32 Å². The third kappa shape index (κ3) is 5.21. The van der Waals surface area contributed by atoms with Crippen LogP contribution in [0.3, 0.4) is 0 Å². The largest absolute Gasteiger partial charge is 0.350 e. The topological polar surface area (TPSA) is 66.5 Å². The van der Waals surface area contributed by atoms with E-state index in [1.807, 2.05) is 6.92 Å². The number of carbonyl (C=O) groups excluding carboxylic acids is 1. The Morgan fingerprint density at radius 3 is 2.23 bits per heavy atom. The van der Waals surface area contributed by atoms with Gasteiger partial charge in [0.15, 0.2) is 0 Å². The quantitative estimate of drug-likeness (QED) is 0.620. The van der Waals surface area contributed by atoms with Crippen LogP contribution in [-0.2, 0) is 21.4 Å². The van der Waals surface area contributed by atoms with Gasteiger partial charge in [-0.15, -0.1) is 0 Å². The van der Waals surface area contributed by atoms with Crippen molar-refractivity contribution < 1.29 is 22.0 Å². The van der Waals surface area contributed by atoms with Crippen molar-refractivity contribution >= 4 is 21.6 Å². The Morgan fingerprint density at radius 1 is 0.933 bits per heavy atom. The van der Waals surface area contributed by atoms with Crippen molar-refractivity contribution in [3.05, 3.63) is 95.6 Å². The molecule has 0 aliphatic rings. The summed E-state index contributed by atoms with van der Waals surface area (Å²) in [6, 6.07) is 16.8. The van der Waals surface area contributed by atoms with E-state index in [9.17, 15) is 22.0 Å². The Bertz CT molecular complexity index is 1130. The lowest BCUT2D eigenvalue weighted by molar-refractivity contribution is -0.119. The first-order valence-electron chi connectivity index (χ1n) is 9.12. The van der Waals surface area contributed by atoms with Gasteiger partial charge in [-0.2, -0.15) is 0 Å². The minimum atomic E-state index is -4.12. The van der Waals surface area contributed by atoms with E-state index in [1.54, 1.807) is 30.3 Å². The van der Waals surface area contributed by atoms with Gasteiger partial charge in [0.05, 0.1) is 10.6 Å². The van der Waals surface area contributed by atoms with Gasteiger partial charge in [-0.05, 0) is 61.0 Å². The standard InChI is InChI=1S/C22H20F2N2O3S/c1-16-5-9-20(10-6-16)26(30(28,29)21-11-7-18(23)8-12-21)15-22(27)25-14-17-3-2-4-19(24)13-17/h2-13H,14-15H2,1H3,(H,25,27). The molecule has 5 nitrogen and oxygen atoms in total. The molecule has 30 heavy (non-hydrogen) atoms. The summed E-state index contributed by atoms with van der Waals surface area (Å²) in [5, 5.41) is 2.60. The molecule has 0 atom stereocenters. The first-order valence-corrected chi connectivity index (χ1v) is 10.6. The fourth-order valence-electron chi connectivity index (χ4n) is 2.79. The van der Waals surface area contributed by atoms with Gasteiger partial charge in [0, 0.05) is 6.54 Å². The second-order valence-corrected chi connectivity index (χ2v) is 8.57. The third-order valence-corrected chi connectivity index (χ3v) is 6.18. The van der Waals surface area contributed by atoms with E-state index in [-0.39, 0.29) is 11.4 Å². The molecule has 0 aromatic heterocycles. The molecule has 0 saturated heterocycles. The highest BCUT2D eigenvalue weighted by Gasteiger charge is 2.27. The molecular formula is C22H20F2N2O3S. The zero-order valence-corrected chi connectivity index (χ0v) is 17.0. The molecule has 0 spiro atoms. The smallest absolute Gasteiger partial charge is 0.264 e. The summed E-state index contributed by atoms with van der Waals surface area (Å²) in [5.41, 5.74) is 1.77. The van der Waals surface area contributed by atoms with E-state index in [0.717, 1.165) is 34.1 Å². The van der Waals surface area contributed by atoms with Crippen molar-refractivity contribution in [1.82, 2.24) is 5.32 Å². The lowest BCUT2D eigenvalue weighted by Crippen LogP contribution is -2.40. The number of hydrogen-bond donors (Lipinski definition) is 1. The fourth-order valence-corrected chi connectivity index (χ4v) is 4.21. The van der Waals surface area contributed by atoms with E-state index in [4.69, 9.17) is 0 Å². The number of nitrogens with zero attached hydrogens (tertiary/aromatic N) is 1. The summed E-state index contributed by atoms with van der Waals surface area (Å²) in [6.45, 7) is 1.42. The molecule has 0 aliphatic carbocycles. The highest BCUT2D eigenvalue weighted by molar-refractivity contribution is 7.92. The van der Waals surface area contributed by atoms with Crippen molar-refractivity contribution in [2.75, 3.05) is 10.8 Å². The van der Waals surface area contributed by atoms with Gasteiger partial charge in [0.2, 0.25) is 5.91 Å². The van der Waals surface area contributed by atoms with Gasteiger partial charge in [-0.3, -0.25) is 9.10 Å². The van der Waals surface area contributed by atoms with Crippen LogP contribution in [-0.4, -0.2) is 20.9 Å². The first-order chi connectivity index (χ1) is 14.3. The maximum absolute atomic E-state index is 13.3. The van der Waals surface area contributed by atoms with Crippen molar-refractivity contribution in [1.29, 1.82) is 0 Å². The molecule has 0 aliphatic heterocycles. The van der Waals surface area contributed by atoms with E-state index in [0.29, 0.717) is 11.3 Å². The average Bonchev–Trinajstić information content (AvgIpc) is 2.71. The zero-order chi connectivity index (χ0) is 21.7. The molecule has 3 aromatic rings. The maximum atomic E-state index is 13.3. The van der Waals surface area contributed by atoms with Crippen LogP contribution < -0.4 is 9.62 Å². The zero-order valence-electron chi connectivity index (χ0n) is 16.2. The summed E-state index contributed by atoms with van der Waals surface area (Å²) < 4.78 is 53.8. The molecule has 0 unspecified atom stereocenters. The summed E-state index contributed by atoms with van der Waals surface area (Å²) >= 11 is 0. The van der Waals surface area contributed by atoms with Crippen LogP contribution in [0.4, 0.5) is 14.5 Å². The van der Waals surface area contributed by atoms with Crippen LogP contribution in [0.5, 0.6) is 0 Å². The number of nitrogens with one attached hydrogen (secondary N) is 1. The number of aryl methyl sites for hydroxylation is 1. The second-order valence-electron chi connectivity index (χ2n) is 6.71. The van der Waals surface area contributed by atoms with Gasteiger partial charge in [-0.1, -0.05) is 29.8 Å². The summed E-state index contributed by atoms with van der Waals surface area (Å²) in [7, 11) is -4.12. The maximum Gasteiger partial charge on any atom is 0.264 e. The first kappa shape index (κ1) is 21.4. The molecule has 3 rings (SSSR count). The fraction of sp³-hybridized carbons (Fsp3) is 0.136. The van der Waals surface area contributed by atoms with Crippen LogP contribution in [0.15, 0.2) is 77.7 Å². The summed E-state index contributed by atoms with van der Waals surface area (Å²) in [4.78, 5) is 12.4. The highest BCUT2D eigenvalue weighted by atomic mass is 32.2. The monoisotopic (exact) mass is 430 g/mol. The summed E-state index contributed by atoms with van der Waals surface area (Å²) in [5.74, 6) is -1.56. The van der Waals surface area contributed by atoms with Crippen LogP contribution in [0.2, 0.25) is 0 Å². The van der Waals surface area contributed by atoms with Gasteiger partial charge >= 0.3 is 0 Å². The summed E-state index contributed by atoms with van der Waals surface area (Å²) in [6.07, 6.45) is 0. The van der Waals surface area contributed by atoms with Crippen molar-refractivity contribution in [2.24, 2.45) is 0 Å². The van der Waals surface area contributed by atoms with E-state index in [2.05, 4.69) is 5.32 Å². The molecule has 156 valence electrons. The van der Waals surface area contributed by atoms with Gasteiger partial charge in [0.1, 0.15) is 18.2 Å². The second kappa shape index (κ2) is 9.04. The van der Waals surface area contributed by atoms with Crippen LogP contribution >= 0.6 is 0 Å². The Labute approximate surface area is 174 Å². The molecular weight excluding hydrogens is 410 g/mol. The number of rotatable bonds is 7. The number of anilines is 1. The SMILES string of the molecule is Cc1ccc(N(CC(=O)NCc2cccc(F)c2)S(=O)(=O)c2ccc(F)cc2)cc1. The third-order valence-electron chi connectivity index (χ3n) is 4.39. The molecule has 1 amide bonds. The predicted octanol–water partition coefficient (Wildman–Crippen LogP) is 3.78. The normalized spacial score (nSPS) is 11.2. The molecule has 0 saturated carbocycles. The van der Waals surface area contributed by atoms with Gasteiger partial charge in [0.25, 0.3) is 10.0 Å². The number of benzene rings is 3. The minimum absolute atomic E-state index is 0.0505. The Kier molecular flexibility index (Phi) is 6.47. The number of amides is 1. The number of halogens is 2. The number of hydrogen-bond acceptors (Lipinski definition) is 3. The predicted molar refractivity (Wildman–Crippen MR) is 110 cm³/mol. The van der Waals surface area contributed by atoms with Crippen molar-refractivity contribution in [3.63, 3.8) is 0 Å². The molecule has 1 N–H and O–H groups in total. The lowest BCUT2D eigenvalue weighted by atomic mass is 10.2. The van der Waals surface area contributed by atoms with Crippen LogP contribution in [0.1, 0.15) is 11.1 Å². The lowest BCUT2D eigenvalue weighted by Gasteiger charge is -2.24. The Balaban J connectivity index is 1.85. The van der Waals surface area contributed by atoms with Crippen LogP contribution in [0.25, 0.3) is 0 Å². The molecule has 3 aromatic carbocycles. The Hall–Kier alpha value is -3.26. The number of carbonyl (C=O) groups is 1. The Morgan fingerprint density at radius 2 is 1.60 bits per heavy atom. The molecule has 0 fully saturated rings. The molecule has 8 heteroatoms. The van der Waals surface area contributed by atoms with E-state index in [1.165, 1.54) is 18.2 Å².